The molecule has 0 aliphatic heterocycles. The summed E-state index contributed by atoms with van der Waals surface area (Å²) < 4.78 is 0. The van der Waals surface area contributed by atoms with E-state index in [1.807, 2.05) is 6.92 Å². The molecule has 3 N–H and O–H groups in total. The van der Waals surface area contributed by atoms with Gasteiger partial charge in [0, 0.05) is 10.4 Å². The molecule has 1 atom stereocenters. The minimum atomic E-state index is -0.513. The molecule has 3 heteroatoms. The van der Waals surface area contributed by atoms with Gasteiger partial charge < -0.3 is 10.8 Å². The molecule has 0 aliphatic carbocycles. The van der Waals surface area contributed by atoms with Gasteiger partial charge in [0.05, 0.1) is 6.61 Å². The molecule has 0 radical (unpaired) electrons. The van der Waals surface area contributed by atoms with Gasteiger partial charge in [0.25, 0.3) is 0 Å². The van der Waals surface area contributed by atoms with Crippen LogP contribution in [0.2, 0.25) is 0 Å². The Kier molecular flexibility index (Phi) is 3.98. The summed E-state index contributed by atoms with van der Waals surface area (Å²) in [6.07, 6.45) is 2.76. The van der Waals surface area contributed by atoms with Gasteiger partial charge >= 0.3 is 0 Å². The molecule has 0 saturated heterocycles. The summed E-state index contributed by atoms with van der Waals surface area (Å²) in [6.45, 7) is 1.87. The molecular formula is C11H17NOS. The quantitative estimate of drug-likeness (QED) is 0.745. The molecule has 0 amide bonds. The van der Waals surface area contributed by atoms with Crippen molar-refractivity contribution in [1.29, 1.82) is 0 Å². The highest BCUT2D eigenvalue weighted by atomic mass is 32.2. The van der Waals surface area contributed by atoms with Crippen molar-refractivity contribution in [3.8, 4) is 0 Å². The average molecular weight is 211 g/mol. The molecule has 1 aromatic carbocycles. The third-order valence-electron chi connectivity index (χ3n) is 2.13. The summed E-state index contributed by atoms with van der Waals surface area (Å²) in [6, 6.07) is 8.28. The van der Waals surface area contributed by atoms with E-state index in [4.69, 9.17) is 10.8 Å². The third kappa shape index (κ3) is 3.33. The first-order valence-electron chi connectivity index (χ1n) is 4.60. The highest BCUT2D eigenvalue weighted by molar-refractivity contribution is 7.98. The van der Waals surface area contributed by atoms with Crippen LogP contribution in [0.1, 0.15) is 12.5 Å². The zero-order valence-corrected chi connectivity index (χ0v) is 9.47. The molecule has 1 aromatic rings. The van der Waals surface area contributed by atoms with Crippen molar-refractivity contribution >= 4 is 11.8 Å². The van der Waals surface area contributed by atoms with Crippen molar-refractivity contribution in [2.24, 2.45) is 5.73 Å². The van der Waals surface area contributed by atoms with E-state index >= 15 is 0 Å². The molecule has 0 bridgehead atoms. The summed E-state index contributed by atoms with van der Waals surface area (Å²) in [5.41, 5.74) is 6.52. The molecule has 0 spiro atoms. The Hall–Kier alpha value is -0.510. The molecule has 2 nitrogen and oxygen atoms in total. The lowest BCUT2D eigenvalue weighted by Gasteiger charge is -2.21. The van der Waals surface area contributed by atoms with Crippen LogP contribution in [0.3, 0.4) is 0 Å². The van der Waals surface area contributed by atoms with Gasteiger partial charge in [-0.2, -0.15) is 0 Å². The van der Waals surface area contributed by atoms with Crippen molar-refractivity contribution < 1.29 is 5.11 Å². The summed E-state index contributed by atoms with van der Waals surface area (Å²) in [4.78, 5) is 1.25. The van der Waals surface area contributed by atoms with Gasteiger partial charge in [0.15, 0.2) is 0 Å². The number of benzene rings is 1. The topological polar surface area (TPSA) is 46.2 Å². The van der Waals surface area contributed by atoms with E-state index in [1.54, 1.807) is 11.8 Å². The summed E-state index contributed by atoms with van der Waals surface area (Å²) in [7, 11) is 0. The average Bonchev–Trinajstić information content (AvgIpc) is 2.19. The monoisotopic (exact) mass is 211 g/mol. The molecule has 0 fully saturated rings. The van der Waals surface area contributed by atoms with Crippen molar-refractivity contribution in [3.63, 3.8) is 0 Å². The minimum absolute atomic E-state index is 0.0112. The van der Waals surface area contributed by atoms with E-state index in [0.717, 1.165) is 0 Å². The molecular weight excluding hydrogens is 194 g/mol. The maximum absolute atomic E-state index is 9.03. The second kappa shape index (κ2) is 4.82. The Morgan fingerprint density at radius 2 is 1.93 bits per heavy atom. The predicted molar refractivity (Wildman–Crippen MR) is 61.6 cm³/mol. The molecule has 0 aromatic heterocycles. The van der Waals surface area contributed by atoms with Gasteiger partial charge in [0.1, 0.15) is 0 Å². The van der Waals surface area contributed by atoms with E-state index in [9.17, 15) is 0 Å². The fourth-order valence-corrected chi connectivity index (χ4v) is 1.67. The molecule has 1 rings (SSSR count). The van der Waals surface area contributed by atoms with Crippen LogP contribution in [0.15, 0.2) is 29.2 Å². The highest BCUT2D eigenvalue weighted by Crippen LogP contribution is 2.17. The first kappa shape index (κ1) is 11.6. The molecule has 0 heterocycles. The number of rotatable bonds is 4. The van der Waals surface area contributed by atoms with Crippen molar-refractivity contribution in [1.82, 2.24) is 0 Å². The number of hydrogen-bond donors (Lipinski definition) is 2. The largest absolute Gasteiger partial charge is 0.394 e. The van der Waals surface area contributed by atoms with E-state index in [2.05, 4.69) is 30.5 Å². The van der Waals surface area contributed by atoms with Gasteiger partial charge in [-0.25, -0.2) is 0 Å². The van der Waals surface area contributed by atoms with Crippen LogP contribution in [0.5, 0.6) is 0 Å². The van der Waals surface area contributed by atoms with Crippen LogP contribution in [-0.4, -0.2) is 23.5 Å². The SMILES string of the molecule is CSc1ccc(CC(C)(N)CO)cc1. The van der Waals surface area contributed by atoms with Crippen LogP contribution in [0, 0.1) is 0 Å². The van der Waals surface area contributed by atoms with Crippen LogP contribution in [-0.2, 0) is 6.42 Å². The lowest BCUT2D eigenvalue weighted by molar-refractivity contribution is 0.208. The van der Waals surface area contributed by atoms with Crippen LogP contribution >= 0.6 is 11.8 Å². The van der Waals surface area contributed by atoms with Gasteiger partial charge in [-0.1, -0.05) is 12.1 Å². The summed E-state index contributed by atoms with van der Waals surface area (Å²) in [5.74, 6) is 0. The minimum Gasteiger partial charge on any atom is -0.394 e. The summed E-state index contributed by atoms with van der Waals surface area (Å²) in [5, 5.41) is 9.03. The number of nitrogens with two attached hydrogens (primary N) is 1. The van der Waals surface area contributed by atoms with E-state index in [-0.39, 0.29) is 6.61 Å². The van der Waals surface area contributed by atoms with Crippen LogP contribution in [0.4, 0.5) is 0 Å². The molecule has 14 heavy (non-hydrogen) atoms. The van der Waals surface area contributed by atoms with Crippen LogP contribution < -0.4 is 5.73 Å². The van der Waals surface area contributed by atoms with Crippen molar-refractivity contribution in [2.75, 3.05) is 12.9 Å². The van der Waals surface area contributed by atoms with Crippen molar-refractivity contribution in [2.45, 2.75) is 23.8 Å². The Labute approximate surface area is 89.5 Å². The molecule has 1 unspecified atom stereocenters. The number of hydrogen-bond acceptors (Lipinski definition) is 3. The number of thioether (sulfide) groups is 1. The van der Waals surface area contributed by atoms with Gasteiger partial charge in [-0.05, 0) is 37.3 Å². The van der Waals surface area contributed by atoms with E-state index in [1.165, 1.54) is 10.5 Å². The Balaban J connectivity index is 2.69. The predicted octanol–water partition coefficient (Wildman–Crippen LogP) is 1.66. The zero-order chi connectivity index (χ0) is 10.6. The smallest absolute Gasteiger partial charge is 0.0611 e. The summed E-state index contributed by atoms with van der Waals surface area (Å²) >= 11 is 1.72. The van der Waals surface area contributed by atoms with Crippen molar-refractivity contribution in [3.05, 3.63) is 29.8 Å². The van der Waals surface area contributed by atoms with Gasteiger partial charge in [-0.3, -0.25) is 0 Å². The first-order chi connectivity index (χ1) is 6.57. The Morgan fingerprint density at radius 1 is 1.36 bits per heavy atom. The molecule has 0 saturated carbocycles. The maximum Gasteiger partial charge on any atom is 0.0611 e. The highest BCUT2D eigenvalue weighted by Gasteiger charge is 2.17. The fraction of sp³-hybridized carbons (Fsp3) is 0.455. The van der Waals surface area contributed by atoms with E-state index in [0.29, 0.717) is 6.42 Å². The Morgan fingerprint density at radius 3 is 2.36 bits per heavy atom. The second-order valence-corrected chi connectivity index (χ2v) is 4.72. The molecule has 0 aliphatic rings. The number of aliphatic hydroxyl groups is 1. The second-order valence-electron chi connectivity index (χ2n) is 3.84. The molecule has 78 valence electrons. The Bertz CT molecular complexity index is 282. The van der Waals surface area contributed by atoms with Gasteiger partial charge in [-0.15, -0.1) is 11.8 Å². The zero-order valence-electron chi connectivity index (χ0n) is 8.66. The van der Waals surface area contributed by atoms with Gasteiger partial charge in [0.2, 0.25) is 0 Å². The normalized spacial score (nSPS) is 15.1. The fourth-order valence-electron chi connectivity index (χ4n) is 1.27. The third-order valence-corrected chi connectivity index (χ3v) is 2.87. The number of aliphatic hydroxyl groups excluding tert-OH is 1. The van der Waals surface area contributed by atoms with E-state index < -0.39 is 5.54 Å². The lowest BCUT2D eigenvalue weighted by atomic mass is 9.95. The lowest BCUT2D eigenvalue weighted by Crippen LogP contribution is -2.42. The first-order valence-corrected chi connectivity index (χ1v) is 5.82. The standard InChI is InChI=1S/C11H17NOS/c1-11(12,8-13)7-9-3-5-10(14-2)6-4-9/h3-6,13H,7-8,12H2,1-2H3. The maximum atomic E-state index is 9.03. The van der Waals surface area contributed by atoms with Crippen LogP contribution in [0.25, 0.3) is 0 Å².